The van der Waals surface area contributed by atoms with Gasteiger partial charge < -0.3 is 8.83 Å². The van der Waals surface area contributed by atoms with E-state index in [0.29, 0.717) is 16.2 Å². The number of carbonyl (C=O) groups is 2. The number of furan rings is 2. The summed E-state index contributed by atoms with van der Waals surface area (Å²) in [5, 5.41) is 1.37. The summed E-state index contributed by atoms with van der Waals surface area (Å²) in [6.07, 6.45) is 2.93. The predicted molar refractivity (Wildman–Crippen MR) is 84.0 cm³/mol. The molecule has 0 spiro atoms. The van der Waals surface area contributed by atoms with Gasteiger partial charge in [0, 0.05) is 16.0 Å². The van der Waals surface area contributed by atoms with E-state index >= 15 is 0 Å². The van der Waals surface area contributed by atoms with Crippen LogP contribution in [0.5, 0.6) is 0 Å². The van der Waals surface area contributed by atoms with Gasteiger partial charge in [0.25, 0.3) is 0 Å². The maximum atomic E-state index is 11.9. The smallest absolute Gasteiger partial charge is 0.305 e. The Hall–Kier alpha value is -2.73. The van der Waals surface area contributed by atoms with Gasteiger partial charge >= 0.3 is 5.91 Å². The van der Waals surface area contributed by atoms with Crippen molar-refractivity contribution in [3.63, 3.8) is 0 Å². The van der Waals surface area contributed by atoms with Gasteiger partial charge in [-0.05, 0) is 36.8 Å². The minimum atomic E-state index is -0.529. The Bertz CT molecular complexity index is 868. The van der Waals surface area contributed by atoms with Crippen LogP contribution in [0.15, 0.2) is 45.6 Å². The Morgan fingerprint density at radius 3 is 2.78 bits per heavy atom. The lowest BCUT2D eigenvalue weighted by atomic mass is 10.1. The molecule has 0 saturated heterocycles. The number of rotatable bonds is 3. The van der Waals surface area contributed by atoms with E-state index in [-0.39, 0.29) is 18.1 Å². The topological polar surface area (TPSA) is 84.5 Å². The van der Waals surface area contributed by atoms with Gasteiger partial charge in [-0.3, -0.25) is 20.4 Å². The molecule has 23 heavy (non-hydrogen) atoms. The maximum Gasteiger partial charge on any atom is 0.305 e. The molecule has 0 radical (unpaired) electrons. The number of hydrogen-bond acceptors (Lipinski definition) is 4. The highest BCUT2D eigenvalue weighted by Gasteiger charge is 2.14. The van der Waals surface area contributed by atoms with Crippen molar-refractivity contribution in [1.82, 2.24) is 10.9 Å². The van der Waals surface area contributed by atoms with Crippen LogP contribution in [0, 0.1) is 6.92 Å². The van der Waals surface area contributed by atoms with Crippen molar-refractivity contribution >= 4 is 34.4 Å². The molecule has 2 aromatic heterocycles. The minimum absolute atomic E-state index is 0.0465. The van der Waals surface area contributed by atoms with Crippen molar-refractivity contribution in [3.05, 3.63) is 58.7 Å². The van der Waals surface area contributed by atoms with Crippen LogP contribution in [0.25, 0.3) is 11.0 Å². The molecule has 0 unspecified atom stereocenters. The van der Waals surface area contributed by atoms with Crippen molar-refractivity contribution in [2.45, 2.75) is 13.3 Å². The summed E-state index contributed by atoms with van der Waals surface area (Å²) in [6.45, 7) is 1.88. The van der Waals surface area contributed by atoms with Crippen molar-refractivity contribution in [1.29, 1.82) is 0 Å². The molecule has 3 rings (SSSR count). The third-order valence-electron chi connectivity index (χ3n) is 3.35. The van der Waals surface area contributed by atoms with Crippen molar-refractivity contribution in [2.75, 3.05) is 0 Å². The number of carbonyl (C=O) groups excluding carboxylic acids is 2. The summed E-state index contributed by atoms with van der Waals surface area (Å²) in [6, 6.07) is 6.66. The second-order valence-electron chi connectivity index (χ2n) is 5.01. The van der Waals surface area contributed by atoms with Crippen molar-refractivity contribution < 1.29 is 18.4 Å². The SMILES string of the molecule is Cc1cc2occ(CC(=O)NNC(=O)c3ccco3)c2cc1Cl. The number of fused-ring (bicyclic) bond motifs is 1. The molecule has 7 heteroatoms. The highest BCUT2D eigenvalue weighted by atomic mass is 35.5. The molecule has 6 nitrogen and oxygen atoms in total. The number of amides is 2. The molecule has 118 valence electrons. The van der Waals surface area contributed by atoms with Gasteiger partial charge in [-0.2, -0.15) is 0 Å². The zero-order valence-corrected chi connectivity index (χ0v) is 12.9. The summed E-state index contributed by atoms with van der Waals surface area (Å²) in [5.41, 5.74) is 6.85. The van der Waals surface area contributed by atoms with Crippen LogP contribution in [0.2, 0.25) is 5.02 Å². The molecular formula is C16H13ClN2O4. The van der Waals surface area contributed by atoms with Crippen LogP contribution >= 0.6 is 11.6 Å². The normalized spacial score (nSPS) is 10.7. The highest BCUT2D eigenvalue weighted by molar-refractivity contribution is 6.32. The molecule has 0 saturated carbocycles. The molecule has 0 aliphatic heterocycles. The Kier molecular flexibility index (Phi) is 4.08. The van der Waals surface area contributed by atoms with E-state index in [4.69, 9.17) is 20.4 Å². The molecule has 2 amide bonds. The quantitative estimate of drug-likeness (QED) is 0.722. The van der Waals surface area contributed by atoms with Crippen LogP contribution in [0.3, 0.4) is 0 Å². The molecule has 2 heterocycles. The largest absolute Gasteiger partial charge is 0.464 e. The lowest BCUT2D eigenvalue weighted by Gasteiger charge is -2.05. The summed E-state index contributed by atoms with van der Waals surface area (Å²) in [5.74, 6) is -0.801. The lowest BCUT2D eigenvalue weighted by Crippen LogP contribution is -2.42. The summed E-state index contributed by atoms with van der Waals surface area (Å²) in [7, 11) is 0. The monoisotopic (exact) mass is 332 g/mol. The first-order chi connectivity index (χ1) is 11.0. The van der Waals surface area contributed by atoms with Gasteiger partial charge in [-0.1, -0.05) is 11.6 Å². The van der Waals surface area contributed by atoms with E-state index in [1.54, 1.807) is 12.1 Å². The van der Waals surface area contributed by atoms with E-state index in [1.165, 1.54) is 18.6 Å². The average Bonchev–Trinajstić information content (AvgIpc) is 3.17. The number of hydrazine groups is 1. The first-order valence-corrected chi connectivity index (χ1v) is 7.21. The van der Waals surface area contributed by atoms with Gasteiger partial charge in [0.2, 0.25) is 5.91 Å². The number of hydrogen-bond donors (Lipinski definition) is 2. The van der Waals surface area contributed by atoms with Crippen LogP contribution < -0.4 is 10.9 Å². The van der Waals surface area contributed by atoms with Gasteiger partial charge in [-0.25, -0.2) is 0 Å². The van der Waals surface area contributed by atoms with Crippen molar-refractivity contribution in [2.24, 2.45) is 0 Å². The van der Waals surface area contributed by atoms with Crippen molar-refractivity contribution in [3.8, 4) is 0 Å². The number of halogens is 1. The Labute approximate surface area is 136 Å². The molecule has 1 aromatic carbocycles. The molecular weight excluding hydrogens is 320 g/mol. The fourth-order valence-electron chi connectivity index (χ4n) is 2.15. The Balaban J connectivity index is 1.66. The van der Waals surface area contributed by atoms with Crippen LogP contribution in [0.4, 0.5) is 0 Å². The molecule has 0 fully saturated rings. The zero-order chi connectivity index (χ0) is 16.4. The summed E-state index contributed by atoms with van der Waals surface area (Å²) < 4.78 is 10.4. The van der Waals surface area contributed by atoms with Crippen LogP contribution in [-0.4, -0.2) is 11.8 Å². The fourth-order valence-corrected chi connectivity index (χ4v) is 2.32. The van der Waals surface area contributed by atoms with Gasteiger partial charge in [0.15, 0.2) is 5.76 Å². The second kappa shape index (κ2) is 6.18. The van der Waals surface area contributed by atoms with E-state index in [0.717, 1.165) is 10.9 Å². The summed E-state index contributed by atoms with van der Waals surface area (Å²) >= 11 is 6.10. The molecule has 3 aromatic rings. The van der Waals surface area contributed by atoms with E-state index in [9.17, 15) is 9.59 Å². The molecule has 0 bridgehead atoms. The maximum absolute atomic E-state index is 11.9. The van der Waals surface area contributed by atoms with E-state index in [1.807, 2.05) is 13.0 Å². The Morgan fingerprint density at radius 2 is 2.04 bits per heavy atom. The number of benzene rings is 1. The van der Waals surface area contributed by atoms with E-state index < -0.39 is 5.91 Å². The zero-order valence-electron chi connectivity index (χ0n) is 12.2. The number of nitrogens with one attached hydrogen (secondary N) is 2. The third-order valence-corrected chi connectivity index (χ3v) is 3.75. The average molecular weight is 333 g/mol. The first-order valence-electron chi connectivity index (χ1n) is 6.83. The van der Waals surface area contributed by atoms with E-state index in [2.05, 4.69) is 10.9 Å². The predicted octanol–water partition coefficient (Wildman–Crippen LogP) is 2.99. The lowest BCUT2D eigenvalue weighted by molar-refractivity contribution is -0.121. The van der Waals surface area contributed by atoms with Crippen LogP contribution in [-0.2, 0) is 11.2 Å². The standard InChI is InChI=1S/C16H13ClN2O4/c1-9-5-14-11(7-12(9)17)10(8-23-14)6-15(20)18-19-16(21)13-3-2-4-22-13/h2-5,7-8H,6H2,1H3,(H,18,20)(H,19,21). The first kappa shape index (κ1) is 15.2. The van der Waals surface area contributed by atoms with Crippen LogP contribution in [0.1, 0.15) is 21.7 Å². The summed E-state index contributed by atoms with van der Waals surface area (Å²) in [4.78, 5) is 23.6. The van der Waals surface area contributed by atoms with Gasteiger partial charge in [0.1, 0.15) is 5.58 Å². The third kappa shape index (κ3) is 3.22. The van der Waals surface area contributed by atoms with Gasteiger partial charge in [0.05, 0.1) is 18.9 Å². The minimum Gasteiger partial charge on any atom is -0.464 e. The fraction of sp³-hybridized carbons (Fsp3) is 0.125. The van der Waals surface area contributed by atoms with Gasteiger partial charge in [-0.15, -0.1) is 0 Å². The molecule has 2 N–H and O–H groups in total. The second-order valence-corrected chi connectivity index (χ2v) is 5.42. The molecule has 0 atom stereocenters. The molecule has 0 aliphatic carbocycles. The molecule has 0 aliphatic rings. The number of aryl methyl sites for hydroxylation is 1. The highest BCUT2D eigenvalue weighted by Crippen LogP contribution is 2.27. The Morgan fingerprint density at radius 1 is 1.22 bits per heavy atom.